The lowest BCUT2D eigenvalue weighted by molar-refractivity contribution is -0.142. The number of nitrogens with one attached hydrogen (secondary N) is 4. The Labute approximate surface area is 200 Å². The average Bonchev–Trinajstić information content (AvgIpc) is 3.30. The molecule has 1 heterocycles. The highest BCUT2D eigenvalue weighted by Crippen LogP contribution is 2.10. The largest absolute Gasteiger partial charge is 0.480 e. The standard InChI is InChI=1S/C22H41N5O5S/c1-14(2)13-18(22(31)32)27-20(29)16(7-4-5-10-23)25-21(30)17(9-12-33-3)26-19(28)15-8-6-11-24-15/h14-18,24H,4-13,23H2,1-3H3,(H,25,30)(H,26,28)(H,27,29)(H,31,32). The van der Waals surface area contributed by atoms with Crippen molar-refractivity contribution in [2.45, 2.75) is 83.0 Å². The van der Waals surface area contributed by atoms with Gasteiger partial charge in [-0.3, -0.25) is 14.4 Å². The van der Waals surface area contributed by atoms with Crippen molar-refractivity contribution in [1.29, 1.82) is 0 Å². The van der Waals surface area contributed by atoms with Gasteiger partial charge in [0.05, 0.1) is 6.04 Å². The first-order valence-electron chi connectivity index (χ1n) is 11.8. The zero-order valence-corrected chi connectivity index (χ0v) is 20.8. The smallest absolute Gasteiger partial charge is 0.326 e. The van der Waals surface area contributed by atoms with Gasteiger partial charge in [0.2, 0.25) is 17.7 Å². The molecule has 0 bridgehead atoms. The highest BCUT2D eigenvalue weighted by molar-refractivity contribution is 7.98. The number of hydrogen-bond donors (Lipinski definition) is 6. The van der Waals surface area contributed by atoms with Crippen molar-refractivity contribution in [3.8, 4) is 0 Å². The number of thioether (sulfide) groups is 1. The van der Waals surface area contributed by atoms with Gasteiger partial charge in [-0.15, -0.1) is 0 Å². The van der Waals surface area contributed by atoms with Crippen LogP contribution in [0, 0.1) is 5.92 Å². The van der Waals surface area contributed by atoms with Gasteiger partial charge < -0.3 is 32.1 Å². The Morgan fingerprint density at radius 1 is 1.03 bits per heavy atom. The van der Waals surface area contributed by atoms with E-state index in [2.05, 4.69) is 21.3 Å². The van der Waals surface area contributed by atoms with Crippen molar-refractivity contribution in [1.82, 2.24) is 21.3 Å². The number of carboxylic acids is 1. The molecule has 10 nitrogen and oxygen atoms in total. The molecule has 7 N–H and O–H groups in total. The van der Waals surface area contributed by atoms with E-state index in [1.165, 1.54) is 0 Å². The third-order valence-electron chi connectivity index (χ3n) is 5.52. The summed E-state index contributed by atoms with van der Waals surface area (Å²) in [6.07, 6.45) is 5.86. The van der Waals surface area contributed by atoms with Gasteiger partial charge in [-0.1, -0.05) is 13.8 Å². The van der Waals surface area contributed by atoms with Crippen LogP contribution < -0.4 is 27.0 Å². The number of unbranched alkanes of at least 4 members (excludes halogenated alkanes) is 1. The fraction of sp³-hybridized carbons (Fsp3) is 0.818. The molecule has 0 aromatic rings. The van der Waals surface area contributed by atoms with Gasteiger partial charge in [-0.2, -0.15) is 11.8 Å². The number of nitrogens with two attached hydrogens (primary N) is 1. The fourth-order valence-corrected chi connectivity index (χ4v) is 4.16. The number of aliphatic carboxylic acids is 1. The van der Waals surface area contributed by atoms with Crippen LogP contribution in [0.1, 0.15) is 58.8 Å². The summed E-state index contributed by atoms with van der Waals surface area (Å²) < 4.78 is 0. The molecule has 1 fully saturated rings. The second kappa shape index (κ2) is 15.9. The zero-order chi connectivity index (χ0) is 24.8. The molecule has 1 aliphatic rings. The van der Waals surface area contributed by atoms with E-state index in [4.69, 9.17) is 5.73 Å². The highest BCUT2D eigenvalue weighted by atomic mass is 32.2. The molecule has 0 aromatic heterocycles. The maximum Gasteiger partial charge on any atom is 0.326 e. The molecule has 0 aromatic carbocycles. The second-order valence-corrected chi connectivity index (χ2v) is 9.85. The lowest BCUT2D eigenvalue weighted by Gasteiger charge is -2.25. The average molecular weight is 488 g/mol. The van der Waals surface area contributed by atoms with Gasteiger partial charge in [0.15, 0.2) is 0 Å². The van der Waals surface area contributed by atoms with Gasteiger partial charge in [0, 0.05) is 0 Å². The van der Waals surface area contributed by atoms with E-state index in [-0.39, 0.29) is 24.3 Å². The number of carboxylic acid groups (broad SMARTS) is 1. The Morgan fingerprint density at radius 3 is 2.18 bits per heavy atom. The van der Waals surface area contributed by atoms with Gasteiger partial charge in [-0.05, 0) is 76.0 Å². The minimum absolute atomic E-state index is 0.0759. The molecule has 33 heavy (non-hydrogen) atoms. The first kappa shape index (κ1) is 29.2. The Balaban J connectivity index is 2.88. The maximum absolute atomic E-state index is 13.1. The Kier molecular flexibility index (Phi) is 14.1. The molecular weight excluding hydrogens is 446 g/mol. The van der Waals surface area contributed by atoms with Crippen molar-refractivity contribution in [2.75, 3.05) is 25.1 Å². The van der Waals surface area contributed by atoms with Crippen LogP contribution in [0.4, 0.5) is 0 Å². The van der Waals surface area contributed by atoms with Crippen molar-refractivity contribution in [3.05, 3.63) is 0 Å². The maximum atomic E-state index is 13.1. The van der Waals surface area contributed by atoms with Crippen molar-refractivity contribution >= 4 is 35.5 Å². The second-order valence-electron chi connectivity index (χ2n) is 8.87. The van der Waals surface area contributed by atoms with E-state index < -0.39 is 35.9 Å². The molecule has 1 aliphatic heterocycles. The molecule has 0 radical (unpaired) electrons. The lowest BCUT2D eigenvalue weighted by atomic mass is 10.0. The van der Waals surface area contributed by atoms with Crippen LogP contribution in [-0.2, 0) is 19.2 Å². The van der Waals surface area contributed by atoms with E-state index in [0.29, 0.717) is 38.0 Å². The Bertz CT molecular complexity index is 643. The summed E-state index contributed by atoms with van der Waals surface area (Å²) in [5.74, 6) is -1.58. The predicted octanol–water partition coefficient (Wildman–Crippen LogP) is 0.206. The van der Waals surface area contributed by atoms with Gasteiger partial charge in [0.25, 0.3) is 0 Å². The van der Waals surface area contributed by atoms with E-state index >= 15 is 0 Å². The van der Waals surface area contributed by atoms with E-state index in [0.717, 1.165) is 19.4 Å². The minimum atomic E-state index is -1.11. The lowest BCUT2D eigenvalue weighted by Crippen LogP contribution is -2.57. The van der Waals surface area contributed by atoms with Crippen LogP contribution in [0.25, 0.3) is 0 Å². The first-order valence-corrected chi connectivity index (χ1v) is 13.1. The SMILES string of the molecule is CSCCC(NC(=O)C1CCCN1)C(=O)NC(CCCCN)C(=O)NC(CC(C)C)C(=O)O. The van der Waals surface area contributed by atoms with Gasteiger partial charge in [0.1, 0.15) is 18.1 Å². The predicted molar refractivity (Wildman–Crippen MR) is 130 cm³/mol. The first-order chi connectivity index (χ1) is 15.7. The minimum Gasteiger partial charge on any atom is -0.480 e. The van der Waals surface area contributed by atoms with Crippen molar-refractivity contribution in [2.24, 2.45) is 11.7 Å². The number of carbonyl (C=O) groups excluding carboxylic acids is 3. The molecule has 0 saturated carbocycles. The van der Waals surface area contributed by atoms with Gasteiger partial charge in [-0.25, -0.2) is 4.79 Å². The van der Waals surface area contributed by atoms with Crippen LogP contribution in [0.5, 0.6) is 0 Å². The molecule has 1 saturated heterocycles. The summed E-state index contributed by atoms with van der Waals surface area (Å²) >= 11 is 1.56. The van der Waals surface area contributed by atoms with Crippen LogP contribution in [0.2, 0.25) is 0 Å². The summed E-state index contributed by atoms with van der Waals surface area (Å²) in [7, 11) is 0. The Hall–Kier alpha value is -1.85. The topological polar surface area (TPSA) is 163 Å². The van der Waals surface area contributed by atoms with Crippen LogP contribution in [0.15, 0.2) is 0 Å². The van der Waals surface area contributed by atoms with Crippen molar-refractivity contribution in [3.63, 3.8) is 0 Å². The molecule has 4 unspecified atom stereocenters. The Morgan fingerprint density at radius 2 is 1.67 bits per heavy atom. The third-order valence-corrected chi connectivity index (χ3v) is 6.17. The molecule has 3 amide bonds. The highest BCUT2D eigenvalue weighted by Gasteiger charge is 2.31. The number of carbonyl (C=O) groups is 4. The summed E-state index contributed by atoms with van der Waals surface area (Å²) in [6.45, 7) is 4.97. The van der Waals surface area contributed by atoms with E-state index in [9.17, 15) is 24.3 Å². The van der Waals surface area contributed by atoms with Crippen molar-refractivity contribution < 1.29 is 24.3 Å². The molecule has 0 spiro atoms. The molecule has 0 aliphatic carbocycles. The van der Waals surface area contributed by atoms with Crippen LogP contribution >= 0.6 is 11.8 Å². The number of rotatable bonds is 16. The zero-order valence-electron chi connectivity index (χ0n) is 20.0. The third kappa shape index (κ3) is 11.2. The van der Waals surface area contributed by atoms with Crippen LogP contribution in [0.3, 0.4) is 0 Å². The summed E-state index contributed by atoms with van der Waals surface area (Å²) in [4.78, 5) is 50.1. The summed E-state index contributed by atoms with van der Waals surface area (Å²) in [5, 5.41) is 20.7. The summed E-state index contributed by atoms with van der Waals surface area (Å²) in [5.41, 5.74) is 5.56. The molecule has 190 valence electrons. The summed E-state index contributed by atoms with van der Waals surface area (Å²) in [6, 6.07) is -3.03. The van der Waals surface area contributed by atoms with E-state index in [1.807, 2.05) is 20.1 Å². The number of amides is 3. The molecular formula is C22H41N5O5S. The number of hydrogen-bond acceptors (Lipinski definition) is 7. The van der Waals surface area contributed by atoms with Gasteiger partial charge >= 0.3 is 5.97 Å². The molecule has 11 heteroatoms. The van der Waals surface area contributed by atoms with Crippen LogP contribution in [-0.4, -0.2) is 78.1 Å². The monoisotopic (exact) mass is 487 g/mol. The normalized spacial score (nSPS) is 18.4. The molecule has 4 atom stereocenters. The quantitative estimate of drug-likeness (QED) is 0.168. The van der Waals surface area contributed by atoms with E-state index in [1.54, 1.807) is 11.8 Å². The fourth-order valence-electron chi connectivity index (χ4n) is 3.68. The molecule has 1 rings (SSSR count).